The van der Waals surface area contributed by atoms with Crippen molar-refractivity contribution in [3.05, 3.63) is 40.9 Å². The van der Waals surface area contributed by atoms with Crippen LogP contribution in [0.1, 0.15) is 110 Å². The number of nitrogens with zero attached hydrogens (tertiary/aromatic N) is 6. The van der Waals surface area contributed by atoms with Crippen molar-refractivity contribution in [2.75, 3.05) is 6.61 Å². The molecule has 32 heavy (non-hydrogen) atoms. The average Bonchev–Trinajstić information content (AvgIpc) is 3.56. The van der Waals surface area contributed by atoms with Gasteiger partial charge in [0.05, 0.1) is 35.4 Å². The SMILES string of the molecule is Cc1nc2nc([C@@H]3CCO[C@H](c4cnn(C5CC5)c4)C3)nc(C3CCCCC3)c2nc1C. The fourth-order valence-corrected chi connectivity index (χ4v) is 5.32. The molecule has 0 bridgehead atoms. The molecule has 1 aliphatic heterocycles. The van der Waals surface area contributed by atoms with Crippen LogP contribution in [0.4, 0.5) is 0 Å². The van der Waals surface area contributed by atoms with Crippen molar-refractivity contribution in [1.82, 2.24) is 29.7 Å². The predicted molar refractivity (Wildman–Crippen MR) is 122 cm³/mol. The highest BCUT2D eigenvalue weighted by Crippen LogP contribution is 2.40. The third-order valence-electron chi connectivity index (χ3n) is 7.54. The van der Waals surface area contributed by atoms with E-state index < -0.39 is 0 Å². The Balaban J connectivity index is 1.34. The van der Waals surface area contributed by atoms with Gasteiger partial charge in [0, 0.05) is 30.2 Å². The van der Waals surface area contributed by atoms with Crippen molar-refractivity contribution < 1.29 is 4.74 Å². The molecule has 7 nitrogen and oxygen atoms in total. The van der Waals surface area contributed by atoms with Gasteiger partial charge in [-0.25, -0.2) is 19.9 Å². The van der Waals surface area contributed by atoms with Crippen molar-refractivity contribution in [2.24, 2.45) is 0 Å². The van der Waals surface area contributed by atoms with E-state index in [0.29, 0.717) is 12.0 Å². The Morgan fingerprint density at radius 1 is 0.875 bits per heavy atom. The molecule has 7 heteroatoms. The van der Waals surface area contributed by atoms with E-state index in [0.717, 1.165) is 53.5 Å². The van der Waals surface area contributed by atoms with Crippen LogP contribution >= 0.6 is 0 Å². The third-order valence-corrected chi connectivity index (χ3v) is 7.54. The first kappa shape index (κ1) is 20.2. The van der Waals surface area contributed by atoms with E-state index in [1.165, 1.54) is 50.5 Å². The molecule has 6 rings (SSSR count). The fraction of sp³-hybridized carbons (Fsp3) is 0.640. The summed E-state index contributed by atoms with van der Waals surface area (Å²) in [6.45, 7) is 4.78. The Bertz CT molecular complexity index is 1130. The van der Waals surface area contributed by atoms with Gasteiger partial charge in [0.1, 0.15) is 11.3 Å². The van der Waals surface area contributed by atoms with E-state index in [-0.39, 0.29) is 12.0 Å². The summed E-state index contributed by atoms with van der Waals surface area (Å²) in [5.74, 6) is 1.67. The van der Waals surface area contributed by atoms with Gasteiger partial charge >= 0.3 is 0 Å². The monoisotopic (exact) mass is 432 g/mol. The highest BCUT2D eigenvalue weighted by molar-refractivity contribution is 5.73. The number of rotatable bonds is 4. The second kappa shape index (κ2) is 8.18. The minimum absolute atomic E-state index is 0.0597. The Morgan fingerprint density at radius 2 is 1.69 bits per heavy atom. The Hall–Kier alpha value is -2.41. The molecule has 2 saturated carbocycles. The van der Waals surface area contributed by atoms with Crippen molar-refractivity contribution in [3.63, 3.8) is 0 Å². The Kier molecular flexibility index (Phi) is 5.17. The molecular formula is C25H32N6O. The Morgan fingerprint density at radius 3 is 2.50 bits per heavy atom. The number of fused-ring (bicyclic) bond motifs is 1. The molecule has 4 heterocycles. The highest BCUT2D eigenvalue weighted by atomic mass is 16.5. The van der Waals surface area contributed by atoms with E-state index in [2.05, 4.69) is 16.0 Å². The van der Waals surface area contributed by atoms with Gasteiger partial charge in [-0.3, -0.25) is 4.68 Å². The molecule has 0 spiro atoms. The molecule has 0 amide bonds. The number of hydrogen-bond acceptors (Lipinski definition) is 6. The second-order valence-electron chi connectivity index (χ2n) is 9.93. The van der Waals surface area contributed by atoms with E-state index in [9.17, 15) is 0 Å². The molecule has 0 aromatic carbocycles. The molecule has 2 atom stereocenters. The predicted octanol–water partition coefficient (Wildman–Crippen LogP) is 5.25. The lowest BCUT2D eigenvalue weighted by molar-refractivity contribution is 0.00390. The van der Waals surface area contributed by atoms with Crippen LogP contribution in [0.3, 0.4) is 0 Å². The van der Waals surface area contributed by atoms with Crippen LogP contribution in [0.5, 0.6) is 0 Å². The number of ether oxygens (including phenoxy) is 1. The largest absolute Gasteiger partial charge is 0.373 e. The molecule has 2 aliphatic carbocycles. The number of aryl methyl sites for hydroxylation is 2. The maximum atomic E-state index is 6.16. The second-order valence-corrected chi connectivity index (χ2v) is 9.93. The van der Waals surface area contributed by atoms with Gasteiger partial charge in [0.2, 0.25) is 0 Å². The zero-order valence-corrected chi connectivity index (χ0v) is 19.1. The average molecular weight is 433 g/mol. The van der Waals surface area contributed by atoms with Crippen LogP contribution in [0, 0.1) is 13.8 Å². The summed E-state index contributed by atoms with van der Waals surface area (Å²) in [4.78, 5) is 19.9. The zero-order chi connectivity index (χ0) is 21.7. The van der Waals surface area contributed by atoms with E-state index in [1.54, 1.807) is 0 Å². The van der Waals surface area contributed by atoms with Crippen molar-refractivity contribution in [3.8, 4) is 0 Å². The molecule has 3 fully saturated rings. The van der Waals surface area contributed by atoms with Crippen molar-refractivity contribution >= 4 is 11.2 Å². The highest BCUT2D eigenvalue weighted by Gasteiger charge is 2.31. The summed E-state index contributed by atoms with van der Waals surface area (Å²) < 4.78 is 8.27. The summed E-state index contributed by atoms with van der Waals surface area (Å²) in [6.07, 6.45) is 14.8. The zero-order valence-electron chi connectivity index (χ0n) is 19.1. The third kappa shape index (κ3) is 3.81. The lowest BCUT2D eigenvalue weighted by atomic mass is 9.86. The molecule has 0 N–H and O–H groups in total. The molecule has 3 aromatic heterocycles. The Labute approximate surface area is 189 Å². The van der Waals surface area contributed by atoms with Crippen LogP contribution < -0.4 is 0 Å². The van der Waals surface area contributed by atoms with Crippen LogP contribution in [0.15, 0.2) is 12.4 Å². The first-order chi connectivity index (χ1) is 15.7. The molecular weight excluding hydrogens is 400 g/mol. The molecule has 3 aromatic rings. The van der Waals surface area contributed by atoms with Crippen LogP contribution in [-0.4, -0.2) is 36.3 Å². The van der Waals surface area contributed by atoms with Gasteiger partial charge in [-0.1, -0.05) is 19.3 Å². The van der Waals surface area contributed by atoms with E-state index in [1.807, 2.05) is 20.0 Å². The first-order valence-corrected chi connectivity index (χ1v) is 12.3. The van der Waals surface area contributed by atoms with Crippen LogP contribution in [-0.2, 0) is 4.74 Å². The van der Waals surface area contributed by atoms with Gasteiger partial charge < -0.3 is 4.74 Å². The molecule has 3 aliphatic rings. The van der Waals surface area contributed by atoms with Crippen LogP contribution in [0.25, 0.3) is 11.2 Å². The molecule has 1 saturated heterocycles. The molecule has 0 unspecified atom stereocenters. The quantitative estimate of drug-likeness (QED) is 0.560. The van der Waals surface area contributed by atoms with Crippen molar-refractivity contribution in [2.45, 2.75) is 95.6 Å². The lowest BCUT2D eigenvalue weighted by Gasteiger charge is -2.29. The normalized spacial score (nSPS) is 24.8. The minimum atomic E-state index is 0.0597. The summed E-state index contributed by atoms with van der Waals surface area (Å²) in [5, 5.41) is 4.57. The summed E-state index contributed by atoms with van der Waals surface area (Å²) >= 11 is 0. The van der Waals surface area contributed by atoms with Crippen molar-refractivity contribution in [1.29, 1.82) is 0 Å². The summed E-state index contributed by atoms with van der Waals surface area (Å²) in [6, 6.07) is 0.593. The van der Waals surface area contributed by atoms with Crippen LogP contribution in [0.2, 0.25) is 0 Å². The van der Waals surface area contributed by atoms with Gasteiger partial charge in [0.25, 0.3) is 0 Å². The van der Waals surface area contributed by atoms with Gasteiger partial charge in [0.15, 0.2) is 5.65 Å². The smallest absolute Gasteiger partial charge is 0.182 e. The van der Waals surface area contributed by atoms with Gasteiger partial charge in [-0.05, 0) is 52.4 Å². The molecule has 0 radical (unpaired) electrons. The summed E-state index contributed by atoms with van der Waals surface area (Å²) in [5.41, 5.74) is 5.92. The maximum absolute atomic E-state index is 6.16. The molecule has 168 valence electrons. The van der Waals surface area contributed by atoms with E-state index >= 15 is 0 Å². The van der Waals surface area contributed by atoms with E-state index in [4.69, 9.17) is 24.7 Å². The standard InChI is InChI=1S/C25H32N6O/c1-15-16(2)28-25-23(27-15)22(17-6-4-3-5-7-17)29-24(30-25)18-10-11-32-21(12-18)19-13-26-31(14-19)20-8-9-20/h13-14,17-18,20-21H,3-12H2,1-2H3/t18-,21+/m1/s1. The minimum Gasteiger partial charge on any atom is -0.373 e. The maximum Gasteiger partial charge on any atom is 0.182 e. The summed E-state index contributed by atoms with van der Waals surface area (Å²) in [7, 11) is 0. The van der Waals surface area contributed by atoms with Gasteiger partial charge in [-0.2, -0.15) is 5.10 Å². The van der Waals surface area contributed by atoms with Gasteiger partial charge in [-0.15, -0.1) is 0 Å². The lowest BCUT2D eigenvalue weighted by Crippen LogP contribution is -2.21. The topological polar surface area (TPSA) is 78.6 Å². The number of aromatic nitrogens is 6. The number of hydrogen-bond donors (Lipinski definition) is 0. The first-order valence-electron chi connectivity index (χ1n) is 12.3. The fourth-order valence-electron chi connectivity index (χ4n) is 5.32.